The molecule has 1 aliphatic heterocycles. The van der Waals surface area contributed by atoms with Crippen LogP contribution in [0.5, 0.6) is 0 Å². The molecule has 0 aromatic carbocycles. The van der Waals surface area contributed by atoms with Crippen molar-refractivity contribution in [2.75, 3.05) is 23.0 Å². The highest BCUT2D eigenvalue weighted by Crippen LogP contribution is 2.30. The number of nitrogens with one attached hydrogen (secondary N) is 1. The van der Waals surface area contributed by atoms with Crippen molar-refractivity contribution in [1.29, 1.82) is 0 Å². The molecule has 2 heterocycles. The summed E-state index contributed by atoms with van der Waals surface area (Å²) in [5.41, 5.74) is 6.40. The van der Waals surface area contributed by atoms with E-state index in [4.69, 9.17) is 5.73 Å². The quantitative estimate of drug-likeness (QED) is 0.780. The number of aryl methyl sites for hydroxylation is 1. The summed E-state index contributed by atoms with van der Waals surface area (Å²) >= 11 is 2.73. The van der Waals surface area contributed by atoms with Gasteiger partial charge in [0.15, 0.2) is 15.0 Å². The van der Waals surface area contributed by atoms with E-state index in [1.165, 1.54) is 23.1 Å². The second kappa shape index (κ2) is 5.68. The van der Waals surface area contributed by atoms with E-state index in [1.54, 1.807) is 0 Å². The van der Waals surface area contributed by atoms with Gasteiger partial charge in [-0.3, -0.25) is 4.79 Å². The number of carbonyl (C=O) groups is 1. The first-order valence-corrected chi connectivity index (χ1v) is 9.33. The standard InChI is InChI=1S/C10H15N3O3S3/c1-6-9(18-10(11)12-6)17-4-8(14)13-7-2-3-19(15,16)5-7/h7H,2-5H2,1H3,(H2,11,12)(H,13,14). The van der Waals surface area contributed by atoms with Crippen LogP contribution in [-0.4, -0.2) is 42.6 Å². The maximum atomic E-state index is 11.7. The molecule has 1 unspecified atom stereocenters. The normalized spacial score (nSPS) is 21.4. The Hall–Kier alpha value is -0.800. The summed E-state index contributed by atoms with van der Waals surface area (Å²) in [5.74, 6) is 0.309. The van der Waals surface area contributed by atoms with Crippen molar-refractivity contribution in [3.63, 3.8) is 0 Å². The zero-order valence-electron chi connectivity index (χ0n) is 10.4. The zero-order valence-corrected chi connectivity index (χ0v) is 12.8. The van der Waals surface area contributed by atoms with Crippen molar-refractivity contribution in [1.82, 2.24) is 10.3 Å². The van der Waals surface area contributed by atoms with Crippen molar-refractivity contribution >= 4 is 44.0 Å². The second-order valence-corrected chi connectivity index (χ2v) is 8.88. The molecule has 0 radical (unpaired) electrons. The third-order valence-electron chi connectivity index (χ3n) is 2.70. The van der Waals surface area contributed by atoms with Gasteiger partial charge in [-0.05, 0) is 13.3 Å². The van der Waals surface area contributed by atoms with Crippen LogP contribution in [0.2, 0.25) is 0 Å². The average Bonchev–Trinajstić information content (AvgIpc) is 2.78. The number of thioether (sulfide) groups is 1. The fraction of sp³-hybridized carbons (Fsp3) is 0.600. The number of thiazole rings is 1. The summed E-state index contributed by atoms with van der Waals surface area (Å²) in [6.45, 7) is 1.84. The molecule has 19 heavy (non-hydrogen) atoms. The number of rotatable bonds is 4. The Balaban J connectivity index is 1.81. The summed E-state index contributed by atoms with van der Waals surface area (Å²) in [4.78, 5) is 15.8. The first-order chi connectivity index (χ1) is 8.85. The van der Waals surface area contributed by atoms with Gasteiger partial charge < -0.3 is 11.1 Å². The monoisotopic (exact) mass is 321 g/mol. The highest BCUT2D eigenvalue weighted by atomic mass is 32.2. The number of hydrogen-bond acceptors (Lipinski definition) is 7. The van der Waals surface area contributed by atoms with E-state index >= 15 is 0 Å². The molecule has 6 nitrogen and oxygen atoms in total. The Labute approximate surface area is 120 Å². The molecule has 106 valence electrons. The molecule has 0 saturated carbocycles. The number of aromatic nitrogens is 1. The summed E-state index contributed by atoms with van der Waals surface area (Å²) < 4.78 is 23.5. The van der Waals surface area contributed by atoms with Crippen molar-refractivity contribution in [3.8, 4) is 0 Å². The van der Waals surface area contributed by atoms with Crippen molar-refractivity contribution in [3.05, 3.63) is 5.69 Å². The summed E-state index contributed by atoms with van der Waals surface area (Å²) in [5, 5.41) is 3.23. The third kappa shape index (κ3) is 4.08. The summed E-state index contributed by atoms with van der Waals surface area (Å²) in [7, 11) is -2.96. The van der Waals surface area contributed by atoms with Crippen molar-refractivity contribution < 1.29 is 13.2 Å². The Morgan fingerprint density at radius 2 is 2.37 bits per heavy atom. The number of anilines is 1. The van der Waals surface area contributed by atoms with Gasteiger partial charge in [-0.15, -0.1) is 11.8 Å². The van der Waals surface area contributed by atoms with Gasteiger partial charge in [-0.2, -0.15) is 0 Å². The highest BCUT2D eigenvalue weighted by Gasteiger charge is 2.28. The third-order valence-corrected chi connectivity index (χ3v) is 6.82. The van der Waals surface area contributed by atoms with E-state index in [-0.39, 0.29) is 29.2 Å². The fourth-order valence-electron chi connectivity index (χ4n) is 1.85. The van der Waals surface area contributed by atoms with Gasteiger partial charge in [0.25, 0.3) is 0 Å². The topological polar surface area (TPSA) is 102 Å². The van der Waals surface area contributed by atoms with Gasteiger partial charge in [0.05, 0.1) is 27.2 Å². The zero-order chi connectivity index (χ0) is 14.0. The number of sulfone groups is 1. The molecular formula is C10H15N3O3S3. The predicted molar refractivity (Wildman–Crippen MR) is 77.2 cm³/mol. The predicted octanol–water partition coefficient (Wildman–Crippen LogP) is 0.429. The van der Waals surface area contributed by atoms with Crippen LogP contribution in [0, 0.1) is 6.92 Å². The number of amides is 1. The molecule has 1 fully saturated rings. The minimum Gasteiger partial charge on any atom is -0.375 e. The Kier molecular flexibility index (Phi) is 4.36. The molecule has 1 aliphatic rings. The lowest BCUT2D eigenvalue weighted by molar-refractivity contribution is -0.119. The molecule has 9 heteroatoms. The summed E-state index contributed by atoms with van der Waals surface area (Å²) in [6.07, 6.45) is 0.505. The van der Waals surface area contributed by atoms with E-state index in [0.717, 1.165) is 9.90 Å². The van der Waals surface area contributed by atoms with E-state index in [2.05, 4.69) is 10.3 Å². The Morgan fingerprint density at radius 3 is 2.89 bits per heavy atom. The Bertz CT molecular complexity index is 582. The lowest BCUT2D eigenvalue weighted by Gasteiger charge is -2.09. The molecule has 3 N–H and O–H groups in total. The van der Waals surface area contributed by atoms with Gasteiger partial charge in [0.2, 0.25) is 5.91 Å². The highest BCUT2D eigenvalue weighted by molar-refractivity contribution is 8.01. The minimum atomic E-state index is -2.96. The maximum absolute atomic E-state index is 11.7. The molecule has 2 rings (SSSR count). The lowest BCUT2D eigenvalue weighted by atomic mass is 10.3. The molecular weight excluding hydrogens is 306 g/mol. The van der Waals surface area contributed by atoms with E-state index in [9.17, 15) is 13.2 Å². The number of nitrogens with two attached hydrogens (primary N) is 1. The molecule has 1 atom stereocenters. The van der Waals surface area contributed by atoms with Gasteiger partial charge >= 0.3 is 0 Å². The van der Waals surface area contributed by atoms with E-state index in [1.807, 2.05) is 6.92 Å². The van der Waals surface area contributed by atoms with Crippen LogP contribution < -0.4 is 11.1 Å². The number of nitrogen functional groups attached to an aromatic ring is 1. The molecule has 0 aliphatic carbocycles. The van der Waals surface area contributed by atoms with Gasteiger partial charge in [-0.25, -0.2) is 13.4 Å². The molecule has 0 spiro atoms. The SMILES string of the molecule is Cc1nc(N)sc1SCC(=O)NC1CCS(=O)(=O)C1. The minimum absolute atomic E-state index is 0.0515. The Morgan fingerprint density at radius 1 is 1.63 bits per heavy atom. The maximum Gasteiger partial charge on any atom is 0.230 e. The van der Waals surface area contributed by atoms with Gasteiger partial charge in [0, 0.05) is 6.04 Å². The number of nitrogens with zero attached hydrogens (tertiary/aromatic N) is 1. The largest absolute Gasteiger partial charge is 0.375 e. The fourth-order valence-corrected chi connectivity index (χ4v) is 5.35. The second-order valence-electron chi connectivity index (χ2n) is 4.38. The van der Waals surface area contributed by atoms with Crippen LogP contribution in [0.15, 0.2) is 4.21 Å². The smallest absolute Gasteiger partial charge is 0.230 e. The number of hydrogen-bond donors (Lipinski definition) is 2. The van der Waals surface area contributed by atoms with Crippen LogP contribution in [-0.2, 0) is 14.6 Å². The molecule has 0 bridgehead atoms. The van der Waals surface area contributed by atoms with Crippen LogP contribution in [0.3, 0.4) is 0 Å². The molecule has 1 aromatic heterocycles. The number of carbonyl (C=O) groups excluding carboxylic acids is 1. The van der Waals surface area contributed by atoms with Gasteiger partial charge in [0.1, 0.15) is 0 Å². The lowest BCUT2D eigenvalue weighted by Crippen LogP contribution is -2.36. The average molecular weight is 321 g/mol. The first kappa shape index (κ1) is 14.6. The van der Waals surface area contributed by atoms with Crippen LogP contribution in [0.4, 0.5) is 5.13 Å². The van der Waals surface area contributed by atoms with Crippen LogP contribution in [0.25, 0.3) is 0 Å². The summed E-state index contributed by atoms with van der Waals surface area (Å²) in [6, 6.07) is -0.245. The molecule has 1 amide bonds. The first-order valence-electron chi connectivity index (χ1n) is 5.71. The van der Waals surface area contributed by atoms with E-state index in [0.29, 0.717) is 11.6 Å². The van der Waals surface area contributed by atoms with Crippen LogP contribution >= 0.6 is 23.1 Å². The van der Waals surface area contributed by atoms with Crippen molar-refractivity contribution in [2.45, 2.75) is 23.6 Å². The molecule has 1 aromatic rings. The van der Waals surface area contributed by atoms with E-state index < -0.39 is 9.84 Å². The van der Waals surface area contributed by atoms with Crippen LogP contribution in [0.1, 0.15) is 12.1 Å². The van der Waals surface area contributed by atoms with Crippen molar-refractivity contribution in [2.24, 2.45) is 0 Å². The van der Waals surface area contributed by atoms with Gasteiger partial charge in [-0.1, -0.05) is 11.3 Å². The molecule has 1 saturated heterocycles.